The molecule has 0 saturated carbocycles. The van der Waals surface area contributed by atoms with Crippen molar-refractivity contribution in [2.45, 2.75) is 6.18 Å². The first-order valence-electron chi connectivity index (χ1n) is 8.97. The number of methoxy groups -OCH3 is 1. The topological polar surface area (TPSA) is 63.0 Å². The van der Waals surface area contributed by atoms with Crippen molar-refractivity contribution >= 4 is 17.5 Å². The van der Waals surface area contributed by atoms with Crippen LogP contribution in [0.2, 0.25) is 0 Å². The number of piperazine rings is 1. The number of hydrogen-bond donors (Lipinski definition) is 0. The predicted octanol–water partition coefficient (Wildman–Crippen LogP) is 2.72. The zero-order chi connectivity index (χ0) is 20.6. The molecule has 0 atom stereocenters. The van der Waals surface area contributed by atoms with Crippen molar-refractivity contribution in [3.63, 3.8) is 0 Å². The molecule has 0 bridgehead atoms. The van der Waals surface area contributed by atoms with Gasteiger partial charge in [-0.15, -0.1) is 10.2 Å². The zero-order valence-electron chi connectivity index (χ0n) is 15.6. The van der Waals surface area contributed by atoms with Gasteiger partial charge >= 0.3 is 6.18 Å². The Hall–Kier alpha value is -3.30. The number of rotatable bonds is 3. The molecule has 1 aromatic carbocycles. The maximum atomic E-state index is 13.0. The highest BCUT2D eigenvalue weighted by atomic mass is 19.4. The van der Waals surface area contributed by atoms with Crippen LogP contribution in [0.5, 0.6) is 5.75 Å². The van der Waals surface area contributed by atoms with Crippen LogP contribution < -0.4 is 9.64 Å². The third-order valence-corrected chi connectivity index (χ3v) is 4.90. The Bertz CT molecular complexity index is 1020. The van der Waals surface area contributed by atoms with Crippen LogP contribution in [0.25, 0.3) is 5.65 Å². The van der Waals surface area contributed by atoms with Gasteiger partial charge < -0.3 is 14.5 Å². The monoisotopic (exact) mass is 405 g/mol. The average Bonchev–Trinajstić information content (AvgIpc) is 3.16. The molecule has 4 rings (SSSR count). The van der Waals surface area contributed by atoms with Gasteiger partial charge in [-0.1, -0.05) is 0 Å². The molecule has 3 heterocycles. The van der Waals surface area contributed by atoms with Crippen LogP contribution in [0.1, 0.15) is 15.9 Å². The molecule has 1 aliphatic heterocycles. The molecule has 7 nitrogen and oxygen atoms in total. The number of hydrogen-bond acceptors (Lipinski definition) is 5. The molecular formula is C19H18F3N5O2. The number of nitrogens with zero attached hydrogens (tertiary/aromatic N) is 5. The second-order valence-electron chi connectivity index (χ2n) is 6.65. The van der Waals surface area contributed by atoms with Gasteiger partial charge in [0.1, 0.15) is 5.75 Å². The van der Waals surface area contributed by atoms with Crippen LogP contribution in [0.4, 0.5) is 19.1 Å². The molecule has 0 aliphatic carbocycles. The molecule has 29 heavy (non-hydrogen) atoms. The number of halogens is 3. The number of benzene rings is 1. The van der Waals surface area contributed by atoms with Crippen LogP contribution >= 0.6 is 0 Å². The van der Waals surface area contributed by atoms with Crippen LogP contribution in [0.3, 0.4) is 0 Å². The number of carbonyl (C=O) groups is 1. The zero-order valence-corrected chi connectivity index (χ0v) is 15.6. The summed E-state index contributed by atoms with van der Waals surface area (Å²) < 4.78 is 45.5. The number of pyridine rings is 1. The highest BCUT2D eigenvalue weighted by molar-refractivity contribution is 5.94. The van der Waals surface area contributed by atoms with Gasteiger partial charge in [-0.05, 0) is 36.4 Å². The molecule has 1 fully saturated rings. The summed E-state index contributed by atoms with van der Waals surface area (Å²) in [5.41, 5.74) is 0.131. The summed E-state index contributed by atoms with van der Waals surface area (Å²) in [5.74, 6) is 0.906. The Kier molecular flexibility index (Phi) is 4.77. The van der Waals surface area contributed by atoms with Crippen molar-refractivity contribution in [1.29, 1.82) is 0 Å². The van der Waals surface area contributed by atoms with E-state index in [1.165, 1.54) is 10.5 Å². The van der Waals surface area contributed by atoms with E-state index in [0.717, 1.165) is 12.3 Å². The van der Waals surface area contributed by atoms with Gasteiger partial charge in [-0.3, -0.25) is 9.20 Å². The highest BCUT2D eigenvalue weighted by Crippen LogP contribution is 2.30. The van der Waals surface area contributed by atoms with Gasteiger partial charge in [-0.2, -0.15) is 13.2 Å². The van der Waals surface area contributed by atoms with E-state index in [2.05, 4.69) is 10.2 Å². The predicted molar refractivity (Wildman–Crippen MR) is 99.1 cm³/mol. The van der Waals surface area contributed by atoms with Crippen molar-refractivity contribution in [3.05, 3.63) is 53.7 Å². The standard InChI is InChI=1S/C19H18F3N5O2/c1-29-15-5-2-13(3-6-15)17(28)25-8-10-26(11-9-25)18-24-23-16-7-4-14(12-27(16)18)19(20,21)22/h2-7,12H,8-11H2,1H3. The Morgan fingerprint density at radius 1 is 1.00 bits per heavy atom. The molecule has 0 spiro atoms. The first-order valence-corrected chi connectivity index (χ1v) is 8.97. The fourth-order valence-corrected chi connectivity index (χ4v) is 3.29. The van der Waals surface area contributed by atoms with Gasteiger partial charge in [0.05, 0.1) is 12.7 Å². The van der Waals surface area contributed by atoms with E-state index >= 15 is 0 Å². The lowest BCUT2D eigenvalue weighted by atomic mass is 10.1. The minimum Gasteiger partial charge on any atom is -0.497 e. The number of fused-ring (bicyclic) bond motifs is 1. The van der Waals surface area contributed by atoms with Gasteiger partial charge in [0.25, 0.3) is 5.91 Å². The second-order valence-corrected chi connectivity index (χ2v) is 6.65. The summed E-state index contributed by atoms with van der Waals surface area (Å²) in [5, 5.41) is 7.99. The number of alkyl halides is 3. The summed E-state index contributed by atoms with van der Waals surface area (Å²) in [4.78, 5) is 16.2. The summed E-state index contributed by atoms with van der Waals surface area (Å²) >= 11 is 0. The van der Waals surface area contributed by atoms with Gasteiger partial charge in [0.15, 0.2) is 5.65 Å². The van der Waals surface area contributed by atoms with Crippen LogP contribution in [-0.2, 0) is 6.18 Å². The number of amides is 1. The molecule has 1 saturated heterocycles. The number of anilines is 1. The molecule has 2 aromatic heterocycles. The summed E-state index contributed by atoms with van der Waals surface area (Å²) in [6.07, 6.45) is -3.45. The fourth-order valence-electron chi connectivity index (χ4n) is 3.29. The SMILES string of the molecule is COc1ccc(C(=O)N2CCN(c3nnc4ccc(C(F)(F)F)cn34)CC2)cc1. The molecule has 3 aromatic rings. The quantitative estimate of drug-likeness (QED) is 0.671. The van der Waals surface area contributed by atoms with E-state index in [4.69, 9.17) is 4.74 Å². The van der Waals surface area contributed by atoms with E-state index < -0.39 is 11.7 Å². The van der Waals surface area contributed by atoms with Gasteiger partial charge in [0.2, 0.25) is 5.95 Å². The maximum Gasteiger partial charge on any atom is 0.417 e. The maximum absolute atomic E-state index is 13.0. The van der Waals surface area contributed by atoms with Crippen molar-refractivity contribution in [2.75, 3.05) is 38.2 Å². The number of ether oxygens (including phenoxy) is 1. The lowest BCUT2D eigenvalue weighted by molar-refractivity contribution is -0.137. The Morgan fingerprint density at radius 2 is 1.69 bits per heavy atom. The van der Waals surface area contributed by atoms with Gasteiger partial charge in [0, 0.05) is 37.9 Å². The smallest absolute Gasteiger partial charge is 0.417 e. The molecule has 0 radical (unpaired) electrons. The van der Waals surface area contributed by atoms with Crippen LogP contribution in [0.15, 0.2) is 42.6 Å². The lowest BCUT2D eigenvalue weighted by Crippen LogP contribution is -2.49. The minimum absolute atomic E-state index is 0.0993. The van der Waals surface area contributed by atoms with E-state index in [0.29, 0.717) is 49.1 Å². The molecule has 1 aliphatic rings. The minimum atomic E-state index is -4.45. The van der Waals surface area contributed by atoms with Gasteiger partial charge in [-0.25, -0.2) is 0 Å². The van der Waals surface area contributed by atoms with E-state index in [-0.39, 0.29) is 5.91 Å². The first kappa shape index (κ1) is 19.0. The third kappa shape index (κ3) is 3.69. The third-order valence-electron chi connectivity index (χ3n) is 4.90. The number of aromatic nitrogens is 3. The van der Waals surface area contributed by atoms with E-state index in [1.54, 1.807) is 36.3 Å². The molecule has 0 N–H and O–H groups in total. The van der Waals surface area contributed by atoms with Crippen LogP contribution in [-0.4, -0.2) is 58.7 Å². The summed E-state index contributed by atoms with van der Waals surface area (Å²) in [6, 6.07) is 9.15. The van der Waals surface area contributed by atoms with Crippen molar-refractivity contribution < 1.29 is 22.7 Å². The normalized spacial score (nSPS) is 15.0. The molecule has 10 heteroatoms. The Balaban J connectivity index is 1.48. The first-order chi connectivity index (χ1) is 13.9. The van der Waals surface area contributed by atoms with Crippen molar-refractivity contribution in [2.24, 2.45) is 0 Å². The highest BCUT2D eigenvalue weighted by Gasteiger charge is 2.32. The number of carbonyl (C=O) groups excluding carboxylic acids is 1. The van der Waals surface area contributed by atoms with Crippen molar-refractivity contribution in [1.82, 2.24) is 19.5 Å². The molecular weight excluding hydrogens is 387 g/mol. The largest absolute Gasteiger partial charge is 0.497 e. The lowest BCUT2D eigenvalue weighted by Gasteiger charge is -2.34. The van der Waals surface area contributed by atoms with E-state index in [1.807, 2.05) is 4.90 Å². The fraction of sp³-hybridized carbons (Fsp3) is 0.316. The second kappa shape index (κ2) is 7.26. The van der Waals surface area contributed by atoms with Crippen molar-refractivity contribution in [3.8, 4) is 5.75 Å². The summed E-state index contributed by atoms with van der Waals surface area (Å²) in [7, 11) is 1.56. The molecule has 152 valence electrons. The summed E-state index contributed by atoms with van der Waals surface area (Å²) in [6.45, 7) is 1.75. The molecule has 1 amide bonds. The average molecular weight is 405 g/mol. The van der Waals surface area contributed by atoms with Crippen LogP contribution in [0, 0.1) is 0 Å². The molecule has 0 unspecified atom stereocenters. The van der Waals surface area contributed by atoms with E-state index in [9.17, 15) is 18.0 Å². The Labute approximate surface area is 164 Å². The Morgan fingerprint density at radius 3 is 2.31 bits per heavy atom.